The van der Waals surface area contributed by atoms with Gasteiger partial charge in [-0.3, -0.25) is 9.48 Å². The van der Waals surface area contributed by atoms with Crippen molar-refractivity contribution in [3.8, 4) is 17.2 Å². The van der Waals surface area contributed by atoms with E-state index < -0.39 is 6.04 Å². The van der Waals surface area contributed by atoms with E-state index in [2.05, 4.69) is 28.7 Å². The molecule has 4 aromatic rings. The largest absolute Gasteiger partial charge is 0.324 e. The van der Waals surface area contributed by atoms with Crippen LogP contribution in [0.5, 0.6) is 0 Å². The van der Waals surface area contributed by atoms with Crippen LogP contribution in [0, 0.1) is 11.3 Å². The van der Waals surface area contributed by atoms with Crippen LogP contribution in [0.2, 0.25) is 0 Å². The quantitative estimate of drug-likeness (QED) is 0.395. The van der Waals surface area contributed by atoms with Gasteiger partial charge in [-0.1, -0.05) is 61.5 Å². The normalized spacial score (nSPS) is 12.5. The lowest BCUT2D eigenvalue weighted by molar-refractivity contribution is -0.118. The summed E-state index contributed by atoms with van der Waals surface area (Å²) in [5.41, 5.74) is 5.46. The van der Waals surface area contributed by atoms with Crippen molar-refractivity contribution in [1.29, 1.82) is 5.26 Å². The van der Waals surface area contributed by atoms with Crippen LogP contribution < -0.4 is 10.6 Å². The minimum Gasteiger partial charge on any atom is -0.324 e. The topological polar surface area (TPSA) is 82.7 Å². The number of carbonyl (C=O) groups excluding carboxylic acids is 1. The Labute approximate surface area is 199 Å². The SMILES string of the molecule is C[C@H](CN[C@H](C(=O)Nc1ccc(-c2cnn(C)c2)cc1)c1ccccc1)c1ccc(C#N)cc1. The molecule has 0 fully saturated rings. The first kappa shape index (κ1) is 23.0. The highest BCUT2D eigenvalue weighted by molar-refractivity contribution is 5.95. The van der Waals surface area contributed by atoms with Gasteiger partial charge in [0.1, 0.15) is 6.04 Å². The van der Waals surface area contributed by atoms with Crippen LogP contribution >= 0.6 is 0 Å². The van der Waals surface area contributed by atoms with Crippen LogP contribution in [-0.2, 0) is 11.8 Å². The van der Waals surface area contributed by atoms with E-state index in [-0.39, 0.29) is 11.8 Å². The lowest BCUT2D eigenvalue weighted by Gasteiger charge is -2.22. The summed E-state index contributed by atoms with van der Waals surface area (Å²) < 4.78 is 1.76. The Morgan fingerprint density at radius 2 is 1.68 bits per heavy atom. The molecular weight excluding hydrogens is 422 g/mol. The molecule has 4 rings (SSSR count). The smallest absolute Gasteiger partial charge is 0.246 e. The molecule has 1 heterocycles. The van der Waals surface area contributed by atoms with Crippen LogP contribution in [0.1, 0.15) is 35.6 Å². The number of aromatic nitrogens is 2. The zero-order valence-corrected chi connectivity index (χ0v) is 19.3. The van der Waals surface area contributed by atoms with Gasteiger partial charge in [0.25, 0.3) is 0 Å². The fraction of sp³-hybridized carbons (Fsp3) is 0.179. The van der Waals surface area contributed by atoms with Crippen molar-refractivity contribution in [3.63, 3.8) is 0 Å². The van der Waals surface area contributed by atoms with Gasteiger partial charge in [0.15, 0.2) is 0 Å². The van der Waals surface area contributed by atoms with Gasteiger partial charge in [0, 0.05) is 31.0 Å². The number of benzene rings is 3. The maximum absolute atomic E-state index is 13.3. The third-order valence-electron chi connectivity index (χ3n) is 5.82. The summed E-state index contributed by atoms with van der Waals surface area (Å²) in [6.45, 7) is 2.71. The van der Waals surface area contributed by atoms with Crippen LogP contribution in [-0.4, -0.2) is 22.2 Å². The molecule has 0 spiro atoms. The Balaban J connectivity index is 1.46. The third-order valence-corrected chi connectivity index (χ3v) is 5.82. The molecule has 0 radical (unpaired) electrons. The Hall–Kier alpha value is -4.21. The van der Waals surface area contributed by atoms with Crippen molar-refractivity contribution in [2.75, 3.05) is 11.9 Å². The van der Waals surface area contributed by atoms with Crippen molar-refractivity contribution in [3.05, 3.63) is 108 Å². The van der Waals surface area contributed by atoms with E-state index in [4.69, 9.17) is 5.26 Å². The highest BCUT2D eigenvalue weighted by Crippen LogP contribution is 2.23. The number of hydrogen-bond donors (Lipinski definition) is 2. The number of rotatable bonds is 8. The summed E-state index contributed by atoms with van der Waals surface area (Å²) in [6.07, 6.45) is 3.77. The maximum Gasteiger partial charge on any atom is 0.246 e. The fourth-order valence-electron chi connectivity index (χ4n) is 3.84. The zero-order valence-electron chi connectivity index (χ0n) is 19.3. The van der Waals surface area contributed by atoms with E-state index >= 15 is 0 Å². The molecule has 3 aromatic carbocycles. The summed E-state index contributed by atoms with van der Waals surface area (Å²) in [4.78, 5) is 13.3. The molecule has 0 saturated heterocycles. The van der Waals surface area contributed by atoms with Crippen molar-refractivity contribution in [2.45, 2.75) is 18.9 Å². The molecule has 0 aliphatic rings. The molecule has 0 aliphatic heterocycles. The van der Waals surface area contributed by atoms with Crippen LogP contribution in [0.3, 0.4) is 0 Å². The molecule has 1 amide bonds. The van der Waals surface area contributed by atoms with Gasteiger partial charge in [0.05, 0.1) is 17.8 Å². The van der Waals surface area contributed by atoms with Crippen LogP contribution in [0.25, 0.3) is 11.1 Å². The summed E-state index contributed by atoms with van der Waals surface area (Å²) in [5.74, 6) is 0.0536. The molecule has 2 atom stereocenters. The molecule has 1 aromatic heterocycles. The molecule has 6 heteroatoms. The molecule has 0 bridgehead atoms. The van der Waals surface area contributed by atoms with E-state index in [9.17, 15) is 4.79 Å². The number of amides is 1. The fourth-order valence-corrected chi connectivity index (χ4v) is 3.84. The third kappa shape index (κ3) is 5.58. The average molecular weight is 450 g/mol. The lowest BCUT2D eigenvalue weighted by Crippen LogP contribution is -2.35. The first-order valence-corrected chi connectivity index (χ1v) is 11.2. The van der Waals surface area contributed by atoms with Gasteiger partial charge in [-0.05, 0) is 46.9 Å². The standard InChI is InChI=1S/C28H27N5O/c1-20(22-10-8-21(16-29)9-11-22)17-30-27(24-6-4-3-5-7-24)28(34)32-26-14-12-23(13-15-26)25-18-31-33(2)19-25/h3-15,18-20,27,30H,17H2,1-2H3,(H,32,34)/t20-,27+/m1/s1. The Bertz CT molecular complexity index is 1270. The number of nitriles is 1. The van der Waals surface area contributed by atoms with E-state index in [1.54, 1.807) is 4.68 Å². The summed E-state index contributed by atoms with van der Waals surface area (Å²) >= 11 is 0. The van der Waals surface area contributed by atoms with E-state index in [1.807, 2.05) is 98.3 Å². The first-order valence-electron chi connectivity index (χ1n) is 11.2. The van der Waals surface area contributed by atoms with E-state index in [0.29, 0.717) is 12.1 Å². The summed E-state index contributed by atoms with van der Waals surface area (Å²) in [5, 5.41) is 19.7. The first-order chi connectivity index (χ1) is 16.5. The molecule has 6 nitrogen and oxygen atoms in total. The highest BCUT2D eigenvalue weighted by atomic mass is 16.2. The van der Waals surface area contributed by atoms with Gasteiger partial charge < -0.3 is 10.6 Å². The number of aryl methyl sites for hydroxylation is 1. The van der Waals surface area contributed by atoms with Crippen molar-refractivity contribution in [1.82, 2.24) is 15.1 Å². The second-order valence-corrected chi connectivity index (χ2v) is 8.36. The number of anilines is 1. The lowest BCUT2D eigenvalue weighted by atomic mass is 9.98. The number of nitrogens with zero attached hydrogens (tertiary/aromatic N) is 3. The van der Waals surface area contributed by atoms with Gasteiger partial charge in [-0.25, -0.2) is 0 Å². The predicted octanol–water partition coefficient (Wildman–Crippen LogP) is 5.03. The van der Waals surface area contributed by atoms with E-state index in [0.717, 1.165) is 27.9 Å². The van der Waals surface area contributed by atoms with E-state index in [1.165, 1.54) is 0 Å². The number of carbonyl (C=O) groups is 1. The van der Waals surface area contributed by atoms with Gasteiger partial charge >= 0.3 is 0 Å². The average Bonchev–Trinajstić information content (AvgIpc) is 3.31. The molecule has 0 saturated carbocycles. The number of nitrogens with one attached hydrogen (secondary N) is 2. The monoisotopic (exact) mass is 449 g/mol. The second kappa shape index (κ2) is 10.6. The zero-order chi connectivity index (χ0) is 23.9. The minimum atomic E-state index is -0.500. The van der Waals surface area contributed by atoms with Crippen molar-refractivity contribution >= 4 is 11.6 Å². The minimum absolute atomic E-state index is 0.118. The van der Waals surface area contributed by atoms with Gasteiger partial charge in [-0.15, -0.1) is 0 Å². The van der Waals surface area contributed by atoms with Crippen LogP contribution in [0.4, 0.5) is 5.69 Å². The highest BCUT2D eigenvalue weighted by Gasteiger charge is 2.21. The van der Waals surface area contributed by atoms with Crippen LogP contribution in [0.15, 0.2) is 91.3 Å². The van der Waals surface area contributed by atoms with Gasteiger partial charge in [-0.2, -0.15) is 10.4 Å². The Kier molecular flexibility index (Phi) is 7.16. The maximum atomic E-state index is 13.3. The van der Waals surface area contributed by atoms with Gasteiger partial charge in [0.2, 0.25) is 5.91 Å². The van der Waals surface area contributed by atoms with Crippen molar-refractivity contribution < 1.29 is 4.79 Å². The second-order valence-electron chi connectivity index (χ2n) is 8.36. The molecular formula is C28H27N5O. The summed E-state index contributed by atoms with van der Waals surface area (Å²) in [7, 11) is 1.89. The summed E-state index contributed by atoms with van der Waals surface area (Å²) in [6, 6.07) is 26.7. The molecule has 170 valence electrons. The molecule has 34 heavy (non-hydrogen) atoms. The Morgan fingerprint density at radius 1 is 0.971 bits per heavy atom. The Morgan fingerprint density at radius 3 is 2.29 bits per heavy atom. The molecule has 2 N–H and O–H groups in total. The van der Waals surface area contributed by atoms with Crippen molar-refractivity contribution in [2.24, 2.45) is 7.05 Å². The molecule has 0 unspecified atom stereocenters. The number of hydrogen-bond acceptors (Lipinski definition) is 4. The molecule has 0 aliphatic carbocycles. The predicted molar refractivity (Wildman–Crippen MR) is 134 cm³/mol.